The fourth-order valence-corrected chi connectivity index (χ4v) is 2.71. The molecule has 3 aromatic rings. The highest BCUT2D eigenvalue weighted by atomic mass is 32.2. The Balaban J connectivity index is 1.80. The monoisotopic (exact) mass is 285 g/mol. The SMILES string of the molecule is Fc1cccc(Sc2nccn2Cc2ccccn2)c1. The number of hydrogen-bond donors (Lipinski definition) is 0. The number of aromatic nitrogens is 3. The first-order valence-corrected chi connectivity index (χ1v) is 6.97. The van der Waals surface area contributed by atoms with E-state index >= 15 is 0 Å². The molecule has 0 aliphatic carbocycles. The topological polar surface area (TPSA) is 30.7 Å². The van der Waals surface area contributed by atoms with Gasteiger partial charge in [-0.25, -0.2) is 9.37 Å². The van der Waals surface area contributed by atoms with Crippen molar-refractivity contribution in [2.45, 2.75) is 16.6 Å². The molecule has 3 nitrogen and oxygen atoms in total. The molecule has 0 radical (unpaired) electrons. The molecule has 0 amide bonds. The second-order valence-electron chi connectivity index (χ2n) is 4.22. The van der Waals surface area contributed by atoms with Gasteiger partial charge in [0, 0.05) is 23.5 Å². The van der Waals surface area contributed by atoms with E-state index in [2.05, 4.69) is 9.97 Å². The average molecular weight is 285 g/mol. The van der Waals surface area contributed by atoms with E-state index in [4.69, 9.17) is 0 Å². The van der Waals surface area contributed by atoms with Crippen molar-refractivity contribution in [1.82, 2.24) is 14.5 Å². The molecule has 0 bridgehead atoms. The minimum Gasteiger partial charge on any atom is -0.320 e. The zero-order chi connectivity index (χ0) is 13.8. The van der Waals surface area contributed by atoms with E-state index < -0.39 is 0 Å². The molecule has 0 saturated heterocycles. The van der Waals surface area contributed by atoms with Gasteiger partial charge in [-0.3, -0.25) is 4.98 Å². The Bertz CT molecular complexity index is 697. The van der Waals surface area contributed by atoms with Gasteiger partial charge in [-0.2, -0.15) is 0 Å². The predicted octanol–water partition coefficient (Wildman–Crippen LogP) is 3.62. The number of benzene rings is 1. The van der Waals surface area contributed by atoms with Gasteiger partial charge in [0.15, 0.2) is 5.16 Å². The van der Waals surface area contributed by atoms with Gasteiger partial charge >= 0.3 is 0 Å². The summed E-state index contributed by atoms with van der Waals surface area (Å²) in [5.41, 5.74) is 0.964. The van der Waals surface area contributed by atoms with Gasteiger partial charge in [-0.05, 0) is 30.3 Å². The third-order valence-corrected chi connectivity index (χ3v) is 3.75. The molecule has 2 aromatic heterocycles. The highest BCUT2D eigenvalue weighted by Crippen LogP contribution is 2.26. The summed E-state index contributed by atoms with van der Waals surface area (Å²) in [4.78, 5) is 9.44. The number of nitrogens with zero attached hydrogens (tertiary/aromatic N) is 3. The largest absolute Gasteiger partial charge is 0.320 e. The Labute approximate surface area is 120 Å². The van der Waals surface area contributed by atoms with Crippen LogP contribution in [0.2, 0.25) is 0 Å². The van der Waals surface area contributed by atoms with Crippen molar-refractivity contribution in [3.05, 3.63) is 72.6 Å². The third-order valence-electron chi connectivity index (χ3n) is 2.74. The molecular weight excluding hydrogens is 273 g/mol. The minimum atomic E-state index is -0.238. The van der Waals surface area contributed by atoms with E-state index in [0.29, 0.717) is 6.54 Å². The molecule has 20 heavy (non-hydrogen) atoms. The molecule has 0 aliphatic heterocycles. The van der Waals surface area contributed by atoms with Crippen LogP contribution in [0.15, 0.2) is 71.1 Å². The smallest absolute Gasteiger partial charge is 0.173 e. The highest BCUT2D eigenvalue weighted by molar-refractivity contribution is 7.99. The third kappa shape index (κ3) is 3.05. The molecular formula is C15H12FN3S. The van der Waals surface area contributed by atoms with Crippen LogP contribution in [0, 0.1) is 5.82 Å². The van der Waals surface area contributed by atoms with E-state index in [9.17, 15) is 4.39 Å². The quantitative estimate of drug-likeness (QED) is 0.733. The Kier molecular flexibility index (Phi) is 3.78. The number of halogens is 1. The predicted molar refractivity (Wildman–Crippen MR) is 76.1 cm³/mol. The molecule has 0 fully saturated rings. The molecule has 0 unspecified atom stereocenters. The summed E-state index contributed by atoms with van der Waals surface area (Å²) >= 11 is 1.44. The van der Waals surface area contributed by atoms with Gasteiger partial charge in [0.2, 0.25) is 0 Å². The summed E-state index contributed by atoms with van der Waals surface area (Å²) in [7, 11) is 0. The lowest BCUT2D eigenvalue weighted by molar-refractivity contribution is 0.624. The number of hydrogen-bond acceptors (Lipinski definition) is 3. The Morgan fingerprint density at radius 1 is 1.05 bits per heavy atom. The van der Waals surface area contributed by atoms with Crippen LogP contribution >= 0.6 is 11.8 Å². The van der Waals surface area contributed by atoms with Crippen molar-refractivity contribution in [2.75, 3.05) is 0 Å². The summed E-state index contributed by atoms with van der Waals surface area (Å²) in [6.45, 7) is 0.651. The van der Waals surface area contributed by atoms with Crippen molar-refractivity contribution in [2.24, 2.45) is 0 Å². The van der Waals surface area contributed by atoms with Crippen molar-refractivity contribution in [3.8, 4) is 0 Å². The van der Waals surface area contributed by atoms with Crippen LogP contribution in [-0.4, -0.2) is 14.5 Å². The minimum absolute atomic E-state index is 0.238. The number of pyridine rings is 1. The van der Waals surface area contributed by atoms with Gasteiger partial charge < -0.3 is 4.57 Å². The summed E-state index contributed by atoms with van der Waals surface area (Å²) in [5.74, 6) is -0.238. The van der Waals surface area contributed by atoms with Crippen LogP contribution in [0.25, 0.3) is 0 Å². The van der Waals surface area contributed by atoms with Crippen molar-refractivity contribution < 1.29 is 4.39 Å². The second-order valence-corrected chi connectivity index (χ2v) is 5.26. The lowest BCUT2D eigenvalue weighted by Gasteiger charge is -2.07. The van der Waals surface area contributed by atoms with Crippen LogP contribution in [0.3, 0.4) is 0 Å². The van der Waals surface area contributed by atoms with E-state index in [0.717, 1.165) is 15.7 Å². The lowest BCUT2D eigenvalue weighted by atomic mass is 10.3. The molecule has 0 spiro atoms. The van der Waals surface area contributed by atoms with E-state index in [1.807, 2.05) is 35.0 Å². The zero-order valence-corrected chi connectivity index (χ0v) is 11.4. The average Bonchev–Trinajstić information content (AvgIpc) is 2.87. The first-order valence-electron chi connectivity index (χ1n) is 6.16. The van der Waals surface area contributed by atoms with Crippen molar-refractivity contribution >= 4 is 11.8 Å². The van der Waals surface area contributed by atoms with Crippen LogP contribution < -0.4 is 0 Å². The van der Waals surface area contributed by atoms with Gasteiger partial charge in [0.25, 0.3) is 0 Å². The standard InChI is InChI=1S/C15H12FN3S/c16-12-4-3-6-14(10-12)20-15-18-8-9-19(15)11-13-5-1-2-7-17-13/h1-10H,11H2. The highest BCUT2D eigenvalue weighted by Gasteiger charge is 2.07. The van der Waals surface area contributed by atoms with Gasteiger partial charge in [0.1, 0.15) is 5.82 Å². The Morgan fingerprint density at radius 2 is 2.00 bits per heavy atom. The zero-order valence-electron chi connectivity index (χ0n) is 10.6. The Hall–Kier alpha value is -2.14. The summed E-state index contributed by atoms with van der Waals surface area (Å²) < 4.78 is 15.2. The van der Waals surface area contributed by atoms with Crippen LogP contribution in [-0.2, 0) is 6.54 Å². The molecule has 0 aliphatic rings. The summed E-state index contributed by atoms with van der Waals surface area (Å²) in [6, 6.07) is 12.3. The molecule has 100 valence electrons. The number of rotatable bonds is 4. The summed E-state index contributed by atoms with van der Waals surface area (Å²) in [6.07, 6.45) is 5.41. The van der Waals surface area contributed by atoms with Gasteiger partial charge in [-0.15, -0.1) is 0 Å². The van der Waals surface area contributed by atoms with Gasteiger partial charge in [0.05, 0.1) is 12.2 Å². The Morgan fingerprint density at radius 3 is 2.80 bits per heavy atom. The van der Waals surface area contributed by atoms with Crippen LogP contribution in [0.1, 0.15) is 5.69 Å². The molecule has 2 heterocycles. The maximum atomic E-state index is 13.2. The maximum Gasteiger partial charge on any atom is 0.173 e. The van der Waals surface area contributed by atoms with Gasteiger partial charge in [-0.1, -0.05) is 23.9 Å². The number of imidazole rings is 1. The molecule has 5 heteroatoms. The molecule has 3 rings (SSSR count). The first-order chi connectivity index (χ1) is 9.81. The van der Waals surface area contributed by atoms with Crippen LogP contribution in [0.4, 0.5) is 4.39 Å². The lowest BCUT2D eigenvalue weighted by Crippen LogP contribution is -2.01. The molecule has 0 saturated carbocycles. The first kappa shape index (κ1) is 12.9. The van der Waals surface area contributed by atoms with E-state index in [-0.39, 0.29) is 5.82 Å². The van der Waals surface area contributed by atoms with Crippen LogP contribution in [0.5, 0.6) is 0 Å². The fourth-order valence-electron chi connectivity index (χ4n) is 1.82. The fraction of sp³-hybridized carbons (Fsp3) is 0.0667. The molecule has 0 atom stereocenters. The summed E-state index contributed by atoms with van der Waals surface area (Å²) in [5, 5.41) is 0.821. The van der Waals surface area contributed by atoms with Crippen molar-refractivity contribution in [3.63, 3.8) is 0 Å². The maximum absolute atomic E-state index is 13.2. The second kappa shape index (κ2) is 5.88. The van der Waals surface area contributed by atoms with E-state index in [1.54, 1.807) is 18.5 Å². The van der Waals surface area contributed by atoms with E-state index in [1.165, 1.54) is 23.9 Å². The van der Waals surface area contributed by atoms with Crippen molar-refractivity contribution in [1.29, 1.82) is 0 Å². The molecule has 0 N–H and O–H groups in total. The molecule has 1 aromatic carbocycles. The normalized spacial score (nSPS) is 10.7.